The molecule has 0 aromatic carbocycles. The Morgan fingerprint density at radius 2 is 2.00 bits per heavy atom. The van der Waals surface area contributed by atoms with E-state index in [1.165, 1.54) is 12.8 Å². The van der Waals surface area contributed by atoms with E-state index in [4.69, 9.17) is 5.73 Å². The molecule has 0 aliphatic heterocycles. The summed E-state index contributed by atoms with van der Waals surface area (Å²) in [4.78, 5) is 11.7. The van der Waals surface area contributed by atoms with Gasteiger partial charge in [-0.2, -0.15) is 0 Å². The summed E-state index contributed by atoms with van der Waals surface area (Å²) in [5.74, 6) is 0.946. The summed E-state index contributed by atoms with van der Waals surface area (Å²) < 4.78 is 0. The van der Waals surface area contributed by atoms with Crippen molar-refractivity contribution in [1.29, 1.82) is 0 Å². The molecule has 1 aliphatic rings. The van der Waals surface area contributed by atoms with Crippen molar-refractivity contribution in [2.24, 2.45) is 17.1 Å². The molecular weight excluding hydrogens is 200 g/mol. The lowest BCUT2D eigenvalue weighted by atomic mass is 9.85. The number of amides is 1. The van der Waals surface area contributed by atoms with Gasteiger partial charge >= 0.3 is 0 Å². The van der Waals surface area contributed by atoms with Crippen molar-refractivity contribution in [2.75, 3.05) is 0 Å². The zero-order chi connectivity index (χ0) is 12.3. The molecule has 0 spiro atoms. The van der Waals surface area contributed by atoms with E-state index in [9.17, 15) is 4.79 Å². The highest BCUT2D eigenvalue weighted by Gasteiger charge is 2.26. The average molecular weight is 226 g/mol. The third kappa shape index (κ3) is 4.97. The smallest absolute Gasteiger partial charge is 0.221 e. The normalized spacial score (nSPS) is 20.3. The van der Waals surface area contributed by atoms with Gasteiger partial charge in [-0.1, -0.05) is 33.6 Å². The van der Waals surface area contributed by atoms with Crippen molar-refractivity contribution < 1.29 is 4.79 Å². The van der Waals surface area contributed by atoms with Crippen LogP contribution in [0.25, 0.3) is 0 Å². The molecule has 1 fully saturated rings. The fourth-order valence-electron chi connectivity index (χ4n) is 1.75. The third-order valence-electron chi connectivity index (χ3n) is 3.31. The maximum Gasteiger partial charge on any atom is 0.221 e. The molecule has 0 radical (unpaired) electrons. The topological polar surface area (TPSA) is 55.1 Å². The number of hydrogen-bond acceptors (Lipinski definition) is 2. The van der Waals surface area contributed by atoms with Crippen LogP contribution in [-0.2, 0) is 4.79 Å². The van der Waals surface area contributed by atoms with Crippen LogP contribution in [-0.4, -0.2) is 18.0 Å². The van der Waals surface area contributed by atoms with Gasteiger partial charge in [-0.15, -0.1) is 0 Å². The van der Waals surface area contributed by atoms with Gasteiger partial charge in [-0.3, -0.25) is 4.79 Å². The van der Waals surface area contributed by atoms with Crippen LogP contribution in [0.15, 0.2) is 0 Å². The minimum atomic E-state index is -0.0689. The molecule has 3 nitrogen and oxygen atoms in total. The number of nitrogens with two attached hydrogens (primary N) is 1. The fourth-order valence-corrected chi connectivity index (χ4v) is 1.75. The molecule has 3 heteroatoms. The first-order chi connectivity index (χ1) is 7.29. The number of rotatable bonds is 5. The zero-order valence-electron chi connectivity index (χ0n) is 11.0. The standard InChI is InChI=1S/C13H26N2O/c1-9(7-10-5-6-10)15-12(16)8-11(14)13(2,3)4/h9-11H,5-8,14H2,1-4H3,(H,15,16). The number of carbonyl (C=O) groups is 1. The Morgan fingerprint density at radius 1 is 1.44 bits per heavy atom. The second kappa shape index (κ2) is 5.17. The van der Waals surface area contributed by atoms with Crippen molar-refractivity contribution >= 4 is 5.91 Å². The van der Waals surface area contributed by atoms with E-state index in [2.05, 4.69) is 33.0 Å². The molecule has 0 bridgehead atoms. The van der Waals surface area contributed by atoms with E-state index in [1.807, 2.05) is 0 Å². The number of hydrogen-bond donors (Lipinski definition) is 2. The summed E-state index contributed by atoms with van der Waals surface area (Å²) in [7, 11) is 0. The van der Waals surface area contributed by atoms with Crippen molar-refractivity contribution in [3.63, 3.8) is 0 Å². The van der Waals surface area contributed by atoms with Gasteiger partial charge in [0.1, 0.15) is 0 Å². The van der Waals surface area contributed by atoms with Crippen LogP contribution in [0.5, 0.6) is 0 Å². The SMILES string of the molecule is CC(CC1CC1)NC(=O)CC(N)C(C)(C)C. The van der Waals surface area contributed by atoms with Gasteiger partial charge < -0.3 is 11.1 Å². The highest BCUT2D eigenvalue weighted by atomic mass is 16.1. The van der Waals surface area contributed by atoms with Crippen LogP contribution in [0.3, 0.4) is 0 Å². The predicted molar refractivity (Wildman–Crippen MR) is 67.0 cm³/mol. The lowest BCUT2D eigenvalue weighted by Gasteiger charge is -2.27. The predicted octanol–water partition coefficient (Wildman–Crippen LogP) is 2.05. The molecule has 0 aromatic rings. The Hall–Kier alpha value is -0.570. The molecule has 0 saturated heterocycles. The van der Waals surface area contributed by atoms with Crippen molar-refractivity contribution in [1.82, 2.24) is 5.32 Å². The summed E-state index contributed by atoms with van der Waals surface area (Å²) in [6.07, 6.45) is 4.22. The summed E-state index contributed by atoms with van der Waals surface area (Å²) in [5, 5.41) is 3.04. The Balaban J connectivity index is 2.23. The van der Waals surface area contributed by atoms with E-state index >= 15 is 0 Å². The van der Waals surface area contributed by atoms with Gasteiger partial charge in [0.15, 0.2) is 0 Å². The second-order valence-corrected chi connectivity index (χ2v) is 6.32. The molecule has 16 heavy (non-hydrogen) atoms. The zero-order valence-corrected chi connectivity index (χ0v) is 11.0. The first kappa shape index (κ1) is 13.5. The van der Waals surface area contributed by atoms with Gasteiger partial charge in [0.05, 0.1) is 0 Å². The van der Waals surface area contributed by atoms with Crippen molar-refractivity contribution in [3.8, 4) is 0 Å². The summed E-state index contributed by atoms with van der Waals surface area (Å²) in [6, 6.07) is 0.229. The highest BCUT2D eigenvalue weighted by Crippen LogP contribution is 2.33. The van der Waals surface area contributed by atoms with Crippen LogP contribution >= 0.6 is 0 Å². The lowest BCUT2D eigenvalue weighted by molar-refractivity contribution is -0.122. The molecule has 2 atom stereocenters. The third-order valence-corrected chi connectivity index (χ3v) is 3.31. The number of nitrogens with one attached hydrogen (secondary N) is 1. The first-order valence-electron chi connectivity index (χ1n) is 6.34. The van der Waals surface area contributed by atoms with Gasteiger partial charge in [-0.25, -0.2) is 0 Å². The van der Waals surface area contributed by atoms with Crippen LogP contribution in [0.2, 0.25) is 0 Å². The van der Waals surface area contributed by atoms with Crippen LogP contribution in [0, 0.1) is 11.3 Å². The Labute approximate surface area is 99.2 Å². The minimum absolute atomic E-state index is 0.00291. The van der Waals surface area contributed by atoms with E-state index in [-0.39, 0.29) is 17.4 Å². The Bertz CT molecular complexity index is 241. The Morgan fingerprint density at radius 3 is 2.44 bits per heavy atom. The van der Waals surface area contributed by atoms with Crippen molar-refractivity contribution in [2.45, 2.75) is 65.5 Å². The summed E-state index contributed by atoms with van der Waals surface area (Å²) in [5.41, 5.74) is 5.98. The highest BCUT2D eigenvalue weighted by molar-refractivity contribution is 5.76. The monoisotopic (exact) mass is 226 g/mol. The maximum atomic E-state index is 11.7. The van der Waals surface area contributed by atoms with E-state index in [0.29, 0.717) is 12.5 Å². The molecule has 94 valence electrons. The largest absolute Gasteiger partial charge is 0.354 e. The molecule has 1 rings (SSSR count). The van der Waals surface area contributed by atoms with E-state index in [1.54, 1.807) is 0 Å². The van der Waals surface area contributed by atoms with E-state index < -0.39 is 0 Å². The molecule has 1 saturated carbocycles. The lowest BCUT2D eigenvalue weighted by Crippen LogP contribution is -2.42. The van der Waals surface area contributed by atoms with Gasteiger partial charge in [0.2, 0.25) is 5.91 Å². The molecular formula is C13H26N2O. The Kier molecular flexibility index (Phi) is 4.36. The fraction of sp³-hybridized carbons (Fsp3) is 0.923. The molecule has 0 aromatic heterocycles. The van der Waals surface area contributed by atoms with E-state index in [0.717, 1.165) is 12.3 Å². The molecule has 0 heterocycles. The number of carbonyl (C=O) groups excluding carboxylic acids is 1. The molecule has 1 aliphatic carbocycles. The van der Waals surface area contributed by atoms with Gasteiger partial charge in [0.25, 0.3) is 0 Å². The van der Waals surface area contributed by atoms with Crippen LogP contribution < -0.4 is 11.1 Å². The second-order valence-electron chi connectivity index (χ2n) is 6.32. The van der Waals surface area contributed by atoms with Gasteiger partial charge in [-0.05, 0) is 24.7 Å². The maximum absolute atomic E-state index is 11.7. The summed E-state index contributed by atoms with van der Waals surface area (Å²) >= 11 is 0. The molecule has 1 amide bonds. The average Bonchev–Trinajstić information content (AvgIpc) is 2.85. The van der Waals surface area contributed by atoms with Crippen LogP contribution in [0.4, 0.5) is 0 Å². The summed E-state index contributed by atoms with van der Waals surface area (Å²) in [6.45, 7) is 8.29. The molecule has 2 unspecified atom stereocenters. The van der Waals surface area contributed by atoms with Crippen molar-refractivity contribution in [3.05, 3.63) is 0 Å². The first-order valence-corrected chi connectivity index (χ1v) is 6.34. The minimum Gasteiger partial charge on any atom is -0.354 e. The molecule has 3 N–H and O–H groups in total. The van der Waals surface area contributed by atoms with Crippen LogP contribution in [0.1, 0.15) is 53.4 Å². The van der Waals surface area contributed by atoms with Gasteiger partial charge in [0, 0.05) is 18.5 Å². The quantitative estimate of drug-likeness (QED) is 0.754.